The maximum atomic E-state index is 10.1. The van der Waals surface area contributed by atoms with E-state index >= 15 is 0 Å². The minimum Gasteiger partial charge on any atom is -0.309 e. The van der Waals surface area contributed by atoms with Crippen LogP contribution in [0.3, 0.4) is 0 Å². The van der Waals surface area contributed by atoms with E-state index in [0.29, 0.717) is 39.7 Å². The molecule has 8 rings (SSSR count). The van der Waals surface area contributed by atoms with Crippen molar-refractivity contribution in [1.82, 2.24) is 19.5 Å². The van der Waals surface area contributed by atoms with Crippen LogP contribution in [0.25, 0.3) is 72.8 Å². The Kier molecular flexibility index (Phi) is 6.80. The third-order valence-corrected chi connectivity index (χ3v) is 8.26. The lowest BCUT2D eigenvalue weighted by atomic mass is 9.99. The van der Waals surface area contributed by atoms with Gasteiger partial charge >= 0.3 is 0 Å². The number of aromatic nitrogens is 4. The summed E-state index contributed by atoms with van der Waals surface area (Å²) in [6.45, 7) is 0. The van der Waals surface area contributed by atoms with Gasteiger partial charge in [0.2, 0.25) is 0 Å². The molecule has 0 atom stereocenters. The van der Waals surface area contributed by atoms with Crippen molar-refractivity contribution in [3.8, 4) is 63.1 Å². The quantitative estimate of drug-likeness (QED) is 0.196. The number of fused-ring (bicyclic) bond motifs is 3. The number of hydrogen-bond acceptors (Lipinski definition) is 5. The number of benzene rings is 6. The molecule has 218 valence electrons. The van der Waals surface area contributed by atoms with Crippen LogP contribution in [-0.2, 0) is 0 Å². The molecule has 0 radical (unpaired) electrons. The van der Waals surface area contributed by atoms with E-state index in [1.54, 1.807) is 18.2 Å². The van der Waals surface area contributed by atoms with E-state index in [4.69, 9.17) is 15.0 Å². The number of para-hydroxylation sites is 2. The largest absolute Gasteiger partial charge is 0.309 e. The Morgan fingerprint density at radius 3 is 1.64 bits per heavy atom. The molecular weight excluding hydrogens is 576 g/mol. The lowest BCUT2D eigenvalue weighted by Gasteiger charge is -2.12. The first-order valence-electron chi connectivity index (χ1n) is 15.1. The molecule has 0 spiro atoms. The number of rotatable bonds is 5. The lowest BCUT2D eigenvalue weighted by molar-refractivity contribution is 1.07. The topological polar surface area (TPSA) is 91.2 Å². The molecule has 2 aromatic heterocycles. The van der Waals surface area contributed by atoms with E-state index < -0.39 is 0 Å². The summed E-state index contributed by atoms with van der Waals surface area (Å²) in [5, 5.41) is 22.0. The van der Waals surface area contributed by atoms with E-state index in [0.717, 1.165) is 33.4 Å². The Hall–Kier alpha value is -6.89. The molecule has 8 aromatic rings. The predicted molar refractivity (Wildman–Crippen MR) is 185 cm³/mol. The number of hydrogen-bond donors (Lipinski definition) is 0. The first-order valence-corrected chi connectivity index (χ1v) is 15.1. The van der Waals surface area contributed by atoms with Crippen LogP contribution in [0.4, 0.5) is 0 Å². The fourth-order valence-corrected chi connectivity index (χ4v) is 6.09. The van der Waals surface area contributed by atoms with E-state index in [1.807, 2.05) is 60.7 Å². The fourth-order valence-electron chi connectivity index (χ4n) is 6.09. The monoisotopic (exact) mass is 600 g/mol. The second-order valence-corrected chi connectivity index (χ2v) is 11.2. The van der Waals surface area contributed by atoms with Crippen LogP contribution in [-0.4, -0.2) is 19.5 Å². The SMILES string of the molecule is N#Cc1cccc(-c2nc(-c3ccccc3)nc(-c3cc(C#N)cc(-c4cccc(-n5c6ccccc6c6ccccc65)c4)c3)n2)c1. The summed E-state index contributed by atoms with van der Waals surface area (Å²) in [5.41, 5.74) is 8.36. The van der Waals surface area contributed by atoms with Gasteiger partial charge in [-0.25, -0.2) is 15.0 Å². The third-order valence-electron chi connectivity index (χ3n) is 8.26. The standard InChI is InChI=1S/C41H24N6/c42-25-27-10-8-14-31(20-27)40-44-39(29-11-2-1-3-12-29)45-41(46-40)33-22-28(26-43)21-32(23-33)30-13-9-15-34(24-30)47-37-18-6-4-16-35(37)36-17-5-7-19-38(36)47/h1-24H. The highest BCUT2D eigenvalue weighted by molar-refractivity contribution is 6.09. The predicted octanol–water partition coefficient (Wildman–Crippen LogP) is 9.38. The summed E-state index contributed by atoms with van der Waals surface area (Å²) < 4.78 is 2.28. The molecule has 0 aliphatic carbocycles. The van der Waals surface area contributed by atoms with Crippen LogP contribution in [0, 0.1) is 22.7 Å². The second kappa shape index (κ2) is 11.6. The summed E-state index contributed by atoms with van der Waals surface area (Å²) in [6, 6.07) is 52.4. The molecule has 0 bridgehead atoms. The van der Waals surface area contributed by atoms with Crippen LogP contribution in [0.15, 0.2) is 146 Å². The van der Waals surface area contributed by atoms with Crippen molar-refractivity contribution in [3.05, 3.63) is 157 Å². The molecular formula is C41H24N6. The van der Waals surface area contributed by atoms with Gasteiger partial charge in [0.05, 0.1) is 34.3 Å². The number of nitrogens with zero attached hydrogens (tertiary/aromatic N) is 6. The van der Waals surface area contributed by atoms with Crippen LogP contribution in [0.1, 0.15) is 11.1 Å². The van der Waals surface area contributed by atoms with Crippen molar-refractivity contribution in [2.75, 3.05) is 0 Å². The molecule has 2 heterocycles. The summed E-state index contributed by atoms with van der Waals surface area (Å²) in [7, 11) is 0. The van der Waals surface area contributed by atoms with Gasteiger partial charge in [-0.1, -0.05) is 91.0 Å². The summed E-state index contributed by atoms with van der Waals surface area (Å²) in [4.78, 5) is 14.5. The molecule has 6 heteroatoms. The molecule has 0 unspecified atom stereocenters. The molecule has 0 aliphatic heterocycles. The van der Waals surface area contributed by atoms with Crippen molar-refractivity contribution in [2.24, 2.45) is 0 Å². The van der Waals surface area contributed by atoms with E-state index in [1.165, 1.54) is 10.8 Å². The van der Waals surface area contributed by atoms with Gasteiger partial charge in [0.15, 0.2) is 17.5 Å². The molecule has 0 N–H and O–H groups in total. The van der Waals surface area contributed by atoms with Gasteiger partial charge in [-0.15, -0.1) is 0 Å². The zero-order chi connectivity index (χ0) is 31.7. The van der Waals surface area contributed by atoms with Gasteiger partial charge in [0.1, 0.15) is 0 Å². The zero-order valence-corrected chi connectivity index (χ0v) is 25.0. The molecule has 0 amide bonds. The third kappa shape index (κ3) is 5.07. The van der Waals surface area contributed by atoms with Crippen LogP contribution in [0.2, 0.25) is 0 Å². The van der Waals surface area contributed by atoms with Crippen LogP contribution < -0.4 is 0 Å². The van der Waals surface area contributed by atoms with Gasteiger partial charge in [0.25, 0.3) is 0 Å². The van der Waals surface area contributed by atoms with E-state index in [9.17, 15) is 10.5 Å². The molecule has 6 nitrogen and oxygen atoms in total. The highest BCUT2D eigenvalue weighted by Gasteiger charge is 2.16. The molecule has 0 fully saturated rings. The maximum absolute atomic E-state index is 10.1. The average molecular weight is 601 g/mol. The van der Waals surface area contributed by atoms with Gasteiger partial charge in [-0.2, -0.15) is 10.5 Å². The zero-order valence-electron chi connectivity index (χ0n) is 25.0. The Balaban J connectivity index is 1.29. The Bertz CT molecular complexity index is 2500. The molecule has 0 aliphatic rings. The molecule has 6 aromatic carbocycles. The smallest absolute Gasteiger partial charge is 0.164 e. The molecule has 0 saturated carbocycles. The van der Waals surface area contributed by atoms with Crippen molar-refractivity contribution < 1.29 is 0 Å². The average Bonchev–Trinajstić information content (AvgIpc) is 3.49. The van der Waals surface area contributed by atoms with Gasteiger partial charge in [0, 0.05) is 33.2 Å². The van der Waals surface area contributed by atoms with Crippen molar-refractivity contribution in [1.29, 1.82) is 10.5 Å². The lowest BCUT2D eigenvalue weighted by Crippen LogP contribution is -2.01. The van der Waals surface area contributed by atoms with Crippen molar-refractivity contribution in [3.63, 3.8) is 0 Å². The van der Waals surface area contributed by atoms with E-state index in [-0.39, 0.29) is 0 Å². The van der Waals surface area contributed by atoms with E-state index in [2.05, 4.69) is 83.4 Å². The van der Waals surface area contributed by atoms with Gasteiger partial charge in [-0.05, 0) is 65.7 Å². The summed E-state index contributed by atoms with van der Waals surface area (Å²) >= 11 is 0. The molecule has 47 heavy (non-hydrogen) atoms. The normalized spacial score (nSPS) is 10.9. The van der Waals surface area contributed by atoms with Crippen LogP contribution >= 0.6 is 0 Å². The highest BCUT2D eigenvalue weighted by atomic mass is 15.0. The number of nitriles is 2. The first kappa shape index (κ1) is 27.6. The van der Waals surface area contributed by atoms with Gasteiger partial charge < -0.3 is 4.57 Å². The maximum Gasteiger partial charge on any atom is 0.164 e. The van der Waals surface area contributed by atoms with Crippen molar-refractivity contribution >= 4 is 21.8 Å². The minimum atomic E-state index is 0.438. The first-order chi connectivity index (χ1) is 23.2. The molecule has 0 saturated heterocycles. The highest BCUT2D eigenvalue weighted by Crippen LogP contribution is 2.34. The Morgan fingerprint density at radius 2 is 0.936 bits per heavy atom. The second-order valence-electron chi connectivity index (χ2n) is 11.2. The Labute approximate surface area is 271 Å². The summed E-state index contributed by atoms with van der Waals surface area (Å²) in [6.07, 6.45) is 0. The summed E-state index contributed by atoms with van der Waals surface area (Å²) in [5.74, 6) is 1.39. The van der Waals surface area contributed by atoms with Crippen molar-refractivity contribution in [2.45, 2.75) is 0 Å². The fraction of sp³-hybridized carbons (Fsp3) is 0. The minimum absolute atomic E-state index is 0.438. The van der Waals surface area contributed by atoms with Crippen LogP contribution in [0.5, 0.6) is 0 Å². The Morgan fingerprint density at radius 1 is 0.404 bits per heavy atom. The van der Waals surface area contributed by atoms with Gasteiger partial charge in [-0.3, -0.25) is 0 Å².